The van der Waals surface area contributed by atoms with Gasteiger partial charge in [0.25, 0.3) is 0 Å². The second-order valence-corrected chi connectivity index (χ2v) is 4.35. The monoisotopic (exact) mass is 280 g/mol. The first-order valence-corrected chi connectivity index (χ1v) is 5.78. The molecule has 0 aliphatic carbocycles. The van der Waals surface area contributed by atoms with Crippen LogP contribution in [0.25, 0.3) is 0 Å². The fraction of sp³-hybridized carbons (Fsp3) is 0. The van der Waals surface area contributed by atoms with Gasteiger partial charge in [-0.1, -0.05) is 29.3 Å². The standard InChI is InChI=1S/C13H7Cl2FN2/c14-9-2-1-3-12(13(9)16)18-11-5-4-8(7-17)6-10(11)15/h1-6,18H. The van der Waals surface area contributed by atoms with Gasteiger partial charge < -0.3 is 5.32 Å². The molecule has 5 heteroatoms. The van der Waals surface area contributed by atoms with Gasteiger partial charge in [-0.25, -0.2) is 4.39 Å². The lowest BCUT2D eigenvalue weighted by Gasteiger charge is -2.10. The minimum atomic E-state index is -0.542. The van der Waals surface area contributed by atoms with Crippen LogP contribution in [0.4, 0.5) is 15.8 Å². The van der Waals surface area contributed by atoms with E-state index in [9.17, 15) is 4.39 Å². The molecule has 2 nitrogen and oxygen atoms in total. The summed E-state index contributed by atoms with van der Waals surface area (Å²) >= 11 is 11.7. The van der Waals surface area contributed by atoms with Gasteiger partial charge in [-0.15, -0.1) is 0 Å². The number of anilines is 2. The van der Waals surface area contributed by atoms with Crippen LogP contribution in [-0.2, 0) is 0 Å². The Kier molecular flexibility index (Phi) is 3.71. The first-order valence-electron chi connectivity index (χ1n) is 5.02. The summed E-state index contributed by atoms with van der Waals surface area (Å²) < 4.78 is 13.7. The average Bonchev–Trinajstić information content (AvgIpc) is 2.37. The van der Waals surface area contributed by atoms with Crippen LogP contribution in [0.3, 0.4) is 0 Å². The van der Waals surface area contributed by atoms with Crippen molar-refractivity contribution in [2.45, 2.75) is 0 Å². The van der Waals surface area contributed by atoms with Gasteiger partial charge in [-0.3, -0.25) is 0 Å². The van der Waals surface area contributed by atoms with Crippen molar-refractivity contribution in [1.82, 2.24) is 0 Å². The Morgan fingerprint density at radius 1 is 1.06 bits per heavy atom. The molecule has 0 amide bonds. The summed E-state index contributed by atoms with van der Waals surface area (Å²) in [6.07, 6.45) is 0. The van der Waals surface area contributed by atoms with Crippen molar-refractivity contribution in [2.75, 3.05) is 5.32 Å². The van der Waals surface area contributed by atoms with Gasteiger partial charge in [-0.05, 0) is 30.3 Å². The minimum absolute atomic E-state index is 0.0322. The van der Waals surface area contributed by atoms with E-state index in [0.29, 0.717) is 16.3 Å². The number of rotatable bonds is 2. The van der Waals surface area contributed by atoms with Gasteiger partial charge in [-0.2, -0.15) is 5.26 Å². The number of nitriles is 1. The molecule has 2 aromatic carbocycles. The van der Waals surface area contributed by atoms with Gasteiger partial charge in [0.1, 0.15) is 0 Å². The molecule has 0 saturated heterocycles. The Labute approximate surface area is 114 Å². The van der Waals surface area contributed by atoms with E-state index in [1.54, 1.807) is 24.3 Å². The normalized spacial score (nSPS) is 9.89. The topological polar surface area (TPSA) is 35.8 Å². The van der Waals surface area contributed by atoms with Crippen molar-refractivity contribution in [3.05, 3.63) is 57.8 Å². The van der Waals surface area contributed by atoms with Gasteiger partial charge >= 0.3 is 0 Å². The van der Waals surface area contributed by atoms with E-state index in [1.807, 2.05) is 6.07 Å². The number of halogens is 3. The zero-order chi connectivity index (χ0) is 13.1. The molecule has 2 rings (SSSR count). The first-order chi connectivity index (χ1) is 8.61. The third-order valence-electron chi connectivity index (χ3n) is 2.32. The second kappa shape index (κ2) is 5.26. The van der Waals surface area contributed by atoms with Crippen LogP contribution in [0.5, 0.6) is 0 Å². The number of hydrogen-bond acceptors (Lipinski definition) is 2. The fourth-order valence-electron chi connectivity index (χ4n) is 1.43. The zero-order valence-electron chi connectivity index (χ0n) is 9.05. The Hall–Kier alpha value is -1.76. The lowest BCUT2D eigenvalue weighted by atomic mass is 10.2. The number of benzene rings is 2. The maximum absolute atomic E-state index is 13.7. The SMILES string of the molecule is N#Cc1ccc(Nc2cccc(Cl)c2F)c(Cl)c1. The van der Waals surface area contributed by atoms with Crippen molar-refractivity contribution < 1.29 is 4.39 Å². The Morgan fingerprint density at radius 3 is 2.50 bits per heavy atom. The predicted molar refractivity (Wildman–Crippen MR) is 70.9 cm³/mol. The van der Waals surface area contributed by atoms with E-state index in [2.05, 4.69) is 5.32 Å². The maximum atomic E-state index is 13.7. The van der Waals surface area contributed by atoms with Crippen LogP contribution >= 0.6 is 23.2 Å². The van der Waals surface area contributed by atoms with Crippen molar-refractivity contribution in [3.63, 3.8) is 0 Å². The number of nitrogens with one attached hydrogen (secondary N) is 1. The van der Waals surface area contributed by atoms with Crippen LogP contribution in [0, 0.1) is 17.1 Å². The van der Waals surface area contributed by atoms with Crippen LogP contribution < -0.4 is 5.32 Å². The first kappa shape index (κ1) is 12.7. The third kappa shape index (κ3) is 2.56. The molecule has 0 atom stereocenters. The van der Waals surface area contributed by atoms with Crippen LogP contribution in [0.1, 0.15) is 5.56 Å². The molecule has 0 unspecified atom stereocenters. The van der Waals surface area contributed by atoms with E-state index in [-0.39, 0.29) is 10.7 Å². The highest BCUT2D eigenvalue weighted by Crippen LogP contribution is 2.29. The molecule has 0 bridgehead atoms. The highest BCUT2D eigenvalue weighted by molar-refractivity contribution is 6.33. The molecule has 0 fully saturated rings. The third-order valence-corrected chi connectivity index (χ3v) is 2.92. The summed E-state index contributed by atoms with van der Waals surface area (Å²) in [5.41, 5.74) is 1.18. The molecule has 0 radical (unpaired) electrons. The smallest absolute Gasteiger partial charge is 0.165 e. The summed E-state index contributed by atoms with van der Waals surface area (Å²) in [7, 11) is 0. The van der Waals surface area contributed by atoms with Crippen molar-refractivity contribution in [2.24, 2.45) is 0 Å². The molecule has 90 valence electrons. The molecule has 2 aromatic rings. The summed E-state index contributed by atoms with van der Waals surface area (Å²) in [5, 5.41) is 11.9. The largest absolute Gasteiger partial charge is 0.352 e. The molecule has 0 aliphatic rings. The molecule has 0 aliphatic heterocycles. The van der Waals surface area contributed by atoms with Crippen molar-refractivity contribution in [3.8, 4) is 6.07 Å². The molecule has 0 spiro atoms. The van der Waals surface area contributed by atoms with E-state index < -0.39 is 5.82 Å². The summed E-state index contributed by atoms with van der Waals surface area (Å²) in [5.74, 6) is -0.542. The van der Waals surface area contributed by atoms with Crippen molar-refractivity contribution >= 4 is 34.6 Å². The maximum Gasteiger partial charge on any atom is 0.165 e. The lowest BCUT2D eigenvalue weighted by Crippen LogP contribution is -1.95. The summed E-state index contributed by atoms with van der Waals surface area (Å²) in [6, 6.07) is 11.3. The predicted octanol–water partition coefficient (Wildman–Crippen LogP) is 4.75. The molecule has 0 saturated carbocycles. The molecule has 0 heterocycles. The van der Waals surface area contributed by atoms with Crippen LogP contribution in [0.15, 0.2) is 36.4 Å². The minimum Gasteiger partial charge on any atom is -0.352 e. The highest BCUT2D eigenvalue weighted by Gasteiger charge is 2.08. The van der Waals surface area contributed by atoms with E-state index in [1.165, 1.54) is 12.1 Å². The molecule has 1 N–H and O–H groups in total. The molecule has 18 heavy (non-hydrogen) atoms. The van der Waals surface area contributed by atoms with Gasteiger partial charge in [0.05, 0.1) is 33.1 Å². The van der Waals surface area contributed by atoms with E-state index >= 15 is 0 Å². The van der Waals surface area contributed by atoms with Gasteiger partial charge in [0.2, 0.25) is 0 Å². The second-order valence-electron chi connectivity index (χ2n) is 3.53. The van der Waals surface area contributed by atoms with Crippen LogP contribution in [-0.4, -0.2) is 0 Å². The van der Waals surface area contributed by atoms with Gasteiger partial charge in [0.15, 0.2) is 5.82 Å². The fourth-order valence-corrected chi connectivity index (χ4v) is 1.83. The quantitative estimate of drug-likeness (QED) is 0.862. The number of nitrogens with zero attached hydrogens (tertiary/aromatic N) is 1. The van der Waals surface area contributed by atoms with Crippen LogP contribution in [0.2, 0.25) is 10.0 Å². The Bertz CT molecular complexity index is 635. The summed E-state index contributed by atoms with van der Waals surface area (Å²) in [4.78, 5) is 0. The molecular formula is C13H7Cl2FN2. The van der Waals surface area contributed by atoms with E-state index in [4.69, 9.17) is 28.5 Å². The molecule has 0 aromatic heterocycles. The Morgan fingerprint density at radius 2 is 1.83 bits per heavy atom. The Balaban J connectivity index is 2.35. The van der Waals surface area contributed by atoms with E-state index in [0.717, 1.165) is 0 Å². The van der Waals surface area contributed by atoms with Gasteiger partial charge in [0, 0.05) is 0 Å². The lowest BCUT2D eigenvalue weighted by molar-refractivity contribution is 0.632. The molecular weight excluding hydrogens is 274 g/mol. The zero-order valence-corrected chi connectivity index (χ0v) is 10.6. The summed E-state index contributed by atoms with van der Waals surface area (Å²) in [6.45, 7) is 0. The highest BCUT2D eigenvalue weighted by atomic mass is 35.5. The van der Waals surface area contributed by atoms with Crippen molar-refractivity contribution in [1.29, 1.82) is 5.26 Å². The number of hydrogen-bond donors (Lipinski definition) is 1. The average molecular weight is 281 g/mol.